The van der Waals surface area contributed by atoms with Crippen molar-refractivity contribution in [3.8, 4) is 0 Å². The van der Waals surface area contributed by atoms with E-state index in [9.17, 15) is 4.79 Å². The Morgan fingerprint density at radius 1 is 1.03 bits per heavy atom. The highest BCUT2D eigenvalue weighted by Crippen LogP contribution is 2.21. The maximum Gasteiger partial charge on any atom is 0.331 e. The van der Waals surface area contributed by atoms with Crippen molar-refractivity contribution in [3.63, 3.8) is 0 Å². The average Bonchev–Trinajstić information content (AvgIpc) is 3.06. The van der Waals surface area contributed by atoms with Crippen LogP contribution in [0.5, 0.6) is 0 Å². The van der Waals surface area contributed by atoms with Crippen molar-refractivity contribution in [2.75, 3.05) is 6.61 Å². The van der Waals surface area contributed by atoms with Crippen molar-refractivity contribution in [2.45, 2.75) is 39.0 Å². The minimum Gasteiger partial charge on any atom is -0.458 e. The molecule has 3 rings (SSSR count). The van der Waals surface area contributed by atoms with Crippen LogP contribution in [0.1, 0.15) is 11.3 Å². The topological polar surface area (TPSA) is 40.5 Å². The third-order valence-electron chi connectivity index (χ3n) is 4.67. The summed E-state index contributed by atoms with van der Waals surface area (Å²) in [5, 5.41) is 1.12. The van der Waals surface area contributed by atoms with Crippen LogP contribution in [0, 0.1) is 0 Å². The van der Waals surface area contributed by atoms with Crippen LogP contribution in [-0.4, -0.2) is 25.2 Å². The molecule has 0 spiro atoms. The molecule has 0 atom stereocenters. The first kappa shape index (κ1) is 21.1. The van der Waals surface area contributed by atoms with Gasteiger partial charge in [0.05, 0.1) is 5.52 Å². The third-order valence-corrected chi connectivity index (χ3v) is 6.38. The Balaban J connectivity index is 1.67. The number of fused-ring (bicyclic) bond motifs is 1. The van der Waals surface area contributed by atoms with Gasteiger partial charge in [-0.3, -0.25) is 0 Å². The van der Waals surface area contributed by atoms with Crippen LogP contribution in [-0.2, 0) is 27.6 Å². The SMILES string of the molecule is C[Si](C)(C)CCOCn1c(/C=C/C(=O)OCc2ccccc2)cc2ccccc21. The molecular formula is C24H29NO3Si. The lowest BCUT2D eigenvalue weighted by atomic mass is 10.2. The standard InChI is InChI=1S/C24H29NO3Si/c1-29(2,3)16-15-27-19-25-22(17-21-11-7-8-12-23(21)25)13-14-24(26)28-18-20-9-5-4-6-10-20/h4-14,17H,15-16,18-19H2,1-3H3/b14-13+. The molecule has 5 heteroatoms. The molecule has 29 heavy (non-hydrogen) atoms. The number of ether oxygens (including phenoxy) is 2. The minimum absolute atomic E-state index is 0.271. The smallest absolute Gasteiger partial charge is 0.331 e. The number of hydrogen-bond donors (Lipinski definition) is 0. The van der Waals surface area contributed by atoms with Gasteiger partial charge in [-0.15, -0.1) is 0 Å². The molecule has 0 radical (unpaired) electrons. The first-order valence-electron chi connectivity index (χ1n) is 9.97. The fourth-order valence-electron chi connectivity index (χ4n) is 2.98. The van der Waals surface area contributed by atoms with Gasteiger partial charge < -0.3 is 14.0 Å². The second-order valence-electron chi connectivity index (χ2n) is 8.33. The van der Waals surface area contributed by atoms with Crippen molar-refractivity contribution in [2.24, 2.45) is 0 Å². The largest absolute Gasteiger partial charge is 0.458 e. The summed E-state index contributed by atoms with van der Waals surface area (Å²) in [6, 6.07) is 21.0. The first-order chi connectivity index (χ1) is 13.9. The molecule has 0 bridgehead atoms. The van der Waals surface area contributed by atoms with Gasteiger partial charge in [0.1, 0.15) is 13.3 Å². The molecule has 0 fully saturated rings. The molecule has 0 saturated carbocycles. The fourth-order valence-corrected chi connectivity index (χ4v) is 3.74. The number of rotatable bonds is 9. The molecule has 0 N–H and O–H groups in total. The van der Waals surface area contributed by atoms with Crippen molar-refractivity contribution in [1.29, 1.82) is 0 Å². The maximum absolute atomic E-state index is 12.1. The first-order valence-corrected chi connectivity index (χ1v) is 13.7. The van der Waals surface area contributed by atoms with Crippen LogP contribution in [0.4, 0.5) is 0 Å². The number of aromatic nitrogens is 1. The molecule has 3 aromatic rings. The van der Waals surface area contributed by atoms with E-state index in [1.807, 2.05) is 42.5 Å². The van der Waals surface area contributed by atoms with Crippen molar-refractivity contribution >= 4 is 31.0 Å². The van der Waals surface area contributed by atoms with Gasteiger partial charge in [0.2, 0.25) is 0 Å². The highest BCUT2D eigenvalue weighted by Gasteiger charge is 2.13. The Hall–Kier alpha value is -2.63. The Morgan fingerprint density at radius 3 is 2.52 bits per heavy atom. The minimum atomic E-state index is -1.12. The summed E-state index contributed by atoms with van der Waals surface area (Å²) in [6.45, 7) is 8.53. The van der Waals surface area contributed by atoms with E-state index in [2.05, 4.69) is 42.4 Å². The predicted molar refractivity (Wildman–Crippen MR) is 121 cm³/mol. The van der Waals surface area contributed by atoms with Crippen molar-refractivity contribution in [3.05, 3.63) is 78.0 Å². The Morgan fingerprint density at radius 2 is 1.76 bits per heavy atom. The van der Waals surface area contributed by atoms with E-state index in [1.54, 1.807) is 6.08 Å². The molecule has 0 aliphatic heterocycles. The summed E-state index contributed by atoms with van der Waals surface area (Å²) < 4.78 is 13.4. The second kappa shape index (κ2) is 9.72. The number of esters is 1. The van der Waals surface area contributed by atoms with Crippen LogP contribution in [0.2, 0.25) is 25.7 Å². The maximum atomic E-state index is 12.1. The Bertz CT molecular complexity index is 971. The summed E-state index contributed by atoms with van der Waals surface area (Å²) in [5.74, 6) is -0.356. The summed E-state index contributed by atoms with van der Waals surface area (Å²) in [7, 11) is -1.12. The van der Waals surface area contributed by atoms with Gasteiger partial charge in [0, 0.05) is 31.8 Å². The highest BCUT2D eigenvalue weighted by molar-refractivity contribution is 6.76. The number of carbonyl (C=O) groups excluding carboxylic acids is 1. The van der Waals surface area contributed by atoms with E-state index < -0.39 is 8.07 Å². The van der Waals surface area contributed by atoms with Gasteiger partial charge in [0.15, 0.2) is 0 Å². The normalized spacial score (nSPS) is 12.0. The van der Waals surface area contributed by atoms with E-state index in [-0.39, 0.29) is 12.6 Å². The van der Waals surface area contributed by atoms with Crippen molar-refractivity contribution < 1.29 is 14.3 Å². The van der Waals surface area contributed by atoms with E-state index in [0.29, 0.717) is 6.73 Å². The molecule has 1 heterocycles. The zero-order chi connectivity index (χ0) is 20.7. The van der Waals surface area contributed by atoms with E-state index >= 15 is 0 Å². The molecule has 0 unspecified atom stereocenters. The van der Waals surface area contributed by atoms with E-state index in [1.165, 1.54) is 6.08 Å². The van der Waals surface area contributed by atoms with Crippen LogP contribution in [0.15, 0.2) is 66.7 Å². The zero-order valence-electron chi connectivity index (χ0n) is 17.4. The molecule has 0 saturated heterocycles. The third kappa shape index (κ3) is 6.44. The van der Waals surface area contributed by atoms with Gasteiger partial charge in [-0.1, -0.05) is 68.2 Å². The van der Waals surface area contributed by atoms with Crippen molar-refractivity contribution in [1.82, 2.24) is 4.57 Å². The summed E-state index contributed by atoms with van der Waals surface area (Å²) >= 11 is 0. The monoisotopic (exact) mass is 407 g/mol. The molecule has 1 aromatic heterocycles. The molecule has 4 nitrogen and oxygen atoms in total. The number of carbonyl (C=O) groups is 1. The van der Waals surface area contributed by atoms with Gasteiger partial charge in [-0.05, 0) is 29.8 Å². The van der Waals surface area contributed by atoms with Gasteiger partial charge in [-0.25, -0.2) is 4.79 Å². The number of benzene rings is 2. The lowest BCUT2D eigenvalue weighted by Gasteiger charge is -2.16. The molecule has 152 valence electrons. The summed E-state index contributed by atoms with van der Waals surface area (Å²) in [6.07, 6.45) is 3.28. The Labute approximate surface area is 173 Å². The van der Waals surface area contributed by atoms with Gasteiger partial charge in [0.25, 0.3) is 0 Å². The number of nitrogens with zero attached hydrogens (tertiary/aromatic N) is 1. The quantitative estimate of drug-likeness (QED) is 0.197. The fraction of sp³-hybridized carbons (Fsp3) is 0.292. The predicted octanol–water partition coefficient (Wildman–Crippen LogP) is 5.71. The Kier molecular flexibility index (Phi) is 7.07. The van der Waals surface area contributed by atoms with Gasteiger partial charge >= 0.3 is 5.97 Å². The number of hydrogen-bond acceptors (Lipinski definition) is 3. The van der Waals surface area contributed by atoms with Crippen LogP contribution in [0.3, 0.4) is 0 Å². The van der Waals surface area contributed by atoms with Crippen LogP contribution < -0.4 is 0 Å². The van der Waals surface area contributed by atoms with Crippen LogP contribution >= 0.6 is 0 Å². The highest BCUT2D eigenvalue weighted by atomic mass is 28.3. The molecule has 2 aromatic carbocycles. The molecular weight excluding hydrogens is 378 g/mol. The average molecular weight is 408 g/mol. The van der Waals surface area contributed by atoms with Crippen LogP contribution in [0.25, 0.3) is 17.0 Å². The van der Waals surface area contributed by atoms with Gasteiger partial charge in [-0.2, -0.15) is 0 Å². The molecule has 0 aliphatic carbocycles. The molecule has 0 amide bonds. The lowest BCUT2D eigenvalue weighted by Crippen LogP contribution is -2.22. The van der Waals surface area contributed by atoms with E-state index in [4.69, 9.17) is 9.47 Å². The van der Waals surface area contributed by atoms with E-state index in [0.717, 1.165) is 34.8 Å². The summed E-state index contributed by atoms with van der Waals surface area (Å²) in [5.41, 5.74) is 2.99. The number of para-hydroxylation sites is 1. The lowest BCUT2D eigenvalue weighted by molar-refractivity contribution is -0.138. The summed E-state index contributed by atoms with van der Waals surface area (Å²) in [4.78, 5) is 12.1. The zero-order valence-corrected chi connectivity index (χ0v) is 18.4. The second-order valence-corrected chi connectivity index (χ2v) is 14.0. The molecule has 0 aliphatic rings.